The summed E-state index contributed by atoms with van der Waals surface area (Å²) in [6.45, 7) is -0.153. The number of nitrogens with one attached hydrogen (secondary N) is 1. The second-order valence-electron chi connectivity index (χ2n) is 4.11. The third-order valence-electron chi connectivity index (χ3n) is 2.60. The Hall–Kier alpha value is -2.89. The molecule has 1 amide bonds. The van der Waals surface area contributed by atoms with Crippen LogP contribution in [-0.4, -0.2) is 30.9 Å². The number of benzene rings is 1. The largest absolute Gasteiger partial charge is 0.497 e. The van der Waals surface area contributed by atoms with Gasteiger partial charge in [0, 0.05) is 11.8 Å². The quantitative estimate of drug-likeness (QED) is 0.821. The zero-order valence-corrected chi connectivity index (χ0v) is 11.4. The van der Waals surface area contributed by atoms with Gasteiger partial charge in [-0.05, 0) is 24.3 Å². The van der Waals surface area contributed by atoms with Crippen molar-refractivity contribution in [3.8, 4) is 11.5 Å². The summed E-state index contributed by atoms with van der Waals surface area (Å²) in [5, 5.41) is 2.69. The molecule has 0 saturated carbocycles. The number of aromatic nitrogens is 1. The first kappa shape index (κ1) is 14.5. The van der Waals surface area contributed by atoms with Gasteiger partial charge in [0.05, 0.1) is 13.3 Å². The van der Waals surface area contributed by atoms with E-state index in [0.717, 1.165) is 0 Å². The number of carbonyl (C=O) groups is 2. The molecule has 2 rings (SSSR count). The van der Waals surface area contributed by atoms with Gasteiger partial charge in [-0.15, -0.1) is 0 Å². The van der Waals surface area contributed by atoms with Crippen molar-refractivity contribution >= 4 is 17.9 Å². The predicted octanol–water partition coefficient (Wildman–Crippen LogP) is 1.92. The lowest BCUT2D eigenvalue weighted by molar-refractivity contribution is -0.118. The maximum Gasteiger partial charge on any atom is 0.262 e. The van der Waals surface area contributed by atoms with Crippen LogP contribution in [-0.2, 0) is 4.79 Å². The molecular weight excluding hydrogens is 272 g/mol. The van der Waals surface area contributed by atoms with Crippen LogP contribution < -0.4 is 14.8 Å². The van der Waals surface area contributed by atoms with Crippen LogP contribution in [0.5, 0.6) is 11.5 Å². The molecule has 0 aliphatic rings. The Bertz CT molecular complexity index is 626. The molecule has 0 saturated heterocycles. The molecule has 1 aromatic carbocycles. The molecule has 2 aromatic rings. The number of amides is 1. The zero-order chi connectivity index (χ0) is 15.1. The van der Waals surface area contributed by atoms with Crippen molar-refractivity contribution in [2.45, 2.75) is 0 Å². The van der Waals surface area contributed by atoms with E-state index in [4.69, 9.17) is 9.47 Å². The van der Waals surface area contributed by atoms with E-state index in [2.05, 4.69) is 10.3 Å². The number of anilines is 1. The van der Waals surface area contributed by atoms with Crippen LogP contribution in [0.15, 0.2) is 42.6 Å². The standard InChI is InChI=1S/C15H14N2O4/c1-20-13-4-2-3-11(7-13)17-15(19)10-21-14-6-5-12(9-18)16-8-14/h2-9H,10H2,1H3,(H,17,19). The molecule has 0 atom stereocenters. The highest BCUT2D eigenvalue weighted by atomic mass is 16.5. The summed E-state index contributed by atoms with van der Waals surface area (Å²) in [6, 6.07) is 10.1. The number of ether oxygens (including phenoxy) is 2. The van der Waals surface area contributed by atoms with E-state index in [9.17, 15) is 9.59 Å². The van der Waals surface area contributed by atoms with Crippen LogP contribution in [0.1, 0.15) is 10.5 Å². The predicted molar refractivity (Wildman–Crippen MR) is 76.7 cm³/mol. The highest BCUT2D eigenvalue weighted by molar-refractivity contribution is 5.92. The highest BCUT2D eigenvalue weighted by Crippen LogP contribution is 2.16. The van der Waals surface area contributed by atoms with E-state index in [1.165, 1.54) is 12.3 Å². The number of hydrogen-bond acceptors (Lipinski definition) is 5. The van der Waals surface area contributed by atoms with Gasteiger partial charge >= 0.3 is 0 Å². The van der Waals surface area contributed by atoms with Crippen molar-refractivity contribution in [2.24, 2.45) is 0 Å². The van der Waals surface area contributed by atoms with Gasteiger partial charge < -0.3 is 14.8 Å². The van der Waals surface area contributed by atoms with Crippen molar-refractivity contribution in [1.82, 2.24) is 4.98 Å². The Morgan fingerprint density at radius 2 is 2.14 bits per heavy atom. The first-order valence-electron chi connectivity index (χ1n) is 6.19. The van der Waals surface area contributed by atoms with Crippen molar-refractivity contribution in [3.05, 3.63) is 48.3 Å². The minimum Gasteiger partial charge on any atom is -0.497 e. The molecule has 0 fully saturated rings. The molecular formula is C15H14N2O4. The van der Waals surface area contributed by atoms with Gasteiger partial charge in [0.25, 0.3) is 5.91 Å². The van der Waals surface area contributed by atoms with Gasteiger partial charge in [-0.1, -0.05) is 6.07 Å². The summed E-state index contributed by atoms with van der Waals surface area (Å²) < 4.78 is 10.3. The van der Waals surface area contributed by atoms with Crippen LogP contribution >= 0.6 is 0 Å². The fourth-order valence-electron chi connectivity index (χ4n) is 1.59. The van der Waals surface area contributed by atoms with Crippen LogP contribution in [0.4, 0.5) is 5.69 Å². The van der Waals surface area contributed by atoms with E-state index in [1.807, 2.05) is 0 Å². The van der Waals surface area contributed by atoms with Crippen LogP contribution in [0, 0.1) is 0 Å². The molecule has 0 aliphatic carbocycles. The fraction of sp³-hybridized carbons (Fsp3) is 0.133. The summed E-state index contributed by atoms with van der Waals surface area (Å²) in [7, 11) is 1.56. The van der Waals surface area contributed by atoms with Gasteiger partial charge in [0.15, 0.2) is 12.9 Å². The average Bonchev–Trinajstić information content (AvgIpc) is 2.53. The third kappa shape index (κ3) is 4.31. The lowest BCUT2D eigenvalue weighted by atomic mass is 10.3. The molecule has 0 spiro atoms. The first-order chi connectivity index (χ1) is 10.2. The minimum atomic E-state index is -0.303. The van der Waals surface area contributed by atoms with Crippen LogP contribution in [0.2, 0.25) is 0 Å². The van der Waals surface area contributed by atoms with E-state index in [0.29, 0.717) is 29.2 Å². The van der Waals surface area contributed by atoms with Crippen LogP contribution in [0.25, 0.3) is 0 Å². The maximum atomic E-state index is 11.8. The van der Waals surface area contributed by atoms with Gasteiger partial charge in [-0.25, -0.2) is 4.98 Å². The molecule has 0 bridgehead atoms. The summed E-state index contributed by atoms with van der Waals surface area (Å²) >= 11 is 0. The summed E-state index contributed by atoms with van der Waals surface area (Å²) in [4.78, 5) is 26.1. The smallest absolute Gasteiger partial charge is 0.262 e. The number of carbonyl (C=O) groups excluding carboxylic acids is 2. The second kappa shape index (κ2) is 7.04. The van der Waals surface area contributed by atoms with E-state index in [1.54, 1.807) is 37.4 Å². The Morgan fingerprint density at radius 3 is 2.81 bits per heavy atom. The molecule has 1 N–H and O–H groups in total. The van der Waals surface area contributed by atoms with E-state index in [-0.39, 0.29) is 12.5 Å². The molecule has 6 nitrogen and oxygen atoms in total. The SMILES string of the molecule is COc1cccc(NC(=O)COc2ccc(C=O)nc2)c1. The summed E-state index contributed by atoms with van der Waals surface area (Å²) in [6.07, 6.45) is 2.03. The topological polar surface area (TPSA) is 77.5 Å². The van der Waals surface area contributed by atoms with Gasteiger partial charge in [-0.3, -0.25) is 9.59 Å². The molecule has 108 valence electrons. The summed E-state index contributed by atoms with van der Waals surface area (Å²) in [5.41, 5.74) is 0.931. The number of aldehydes is 1. The van der Waals surface area contributed by atoms with Crippen molar-refractivity contribution in [1.29, 1.82) is 0 Å². The molecule has 1 aromatic heterocycles. The van der Waals surface area contributed by atoms with Crippen molar-refractivity contribution in [2.75, 3.05) is 19.0 Å². The number of pyridine rings is 1. The van der Waals surface area contributed by atoms with Gasteiger partial charge in [0.1, 0.15) is 17.2 Å². The summed E-state index contributed by atoms with van der Waals surface area (Å²) in [5.74, 6) is 0.770. The number of methoxy groups -OCH3 is 1. The van der Waals surface area contributed by atoms with Gasteiger partial charge in [-0.2, -0.15) is 0 Å². The number of nitrogens with zero attached hydrogens (tertiary/aromatic N) is 1. The van der Waals surface area contributed by atoms with E-state index < -0.39 is 0 Å². The van der Waals surface area contributed by atoms with Crippen molar-refractivity contribution < 1.29 is 19.1 Å². The Kier molecular flexibility index (Phi) is 4.87. The van der Waals surface area contributed by atoms with Crippen LogP contribution in [0.3, 0.4) is 0 Å². The maximum absolute atomic E-state index is 11.8. The lowest BCUT2D eigenvalue weighted by Crippen LogP contribution is -2.20. The lowest BCUT2D eigenvalue weighted by Gasteiger charge is -2.08. The monoisotopic (exact) mass is 286 g/mol. The normalized spacial score (nSPS) is 9.76. The third-order valence-corrected chi connectivity index (χ3v) is 2.60. The Balaban J connectivity index is 1.87. The minimum absolute atomic E-state index is 0.153. The molecule has 1 heterocycles. The van der Waals surface area contributed by atoms with E-state index >= 15 is 0 Å². The highest BCUT2D eigenvalue weighted by Gasteiger charge is 2.05. The average molecular weight is 286 g/mol. The van der Waals surface area contributed by atoms with Crippen molar-refractivity contribution in [3.63, 3.8) is 0 Å². The fourth-order valence-corrected chi connectivity index (χ4v) is 1.59. The second-order valence-corrected chi connectivity index (χ2v) is 4.11. The van der Waals surface area contributed by atoms with Gasteiger partial charge in [0.2, 0.25) is 0 Å². The Labute approximate surface area is 121 Å². The number of rotatable bonds is 6. The zero-order valence-electron chi connectivity index (χ0n) is 11.4. The molecule has 21 heavy (non-hydrogen) atoms. The Morgan fingerprint density at radius 1 is 1.29 bits per heavy atom. The molecule has 0 unspecified atom stereocenters. The first-order valence-corrected chi connectivity index (χ1v) is 6.19. The molecule has 0 aliphatic heterocycles. The molecule has 6 heteroatoms. The molecule has 0 radical (unpaired) electrons. The number of hydrogen-bond donors (Lipinski definition) is 1.